The first kappa shape index (κ1) is 16.9. The van der Waals surface area contributed by atoms with Gasteiger partial charge >= 0.3 is 0 Å². The molecule has 1 aliphatic carbocycles. The molecule has 1 aromatic carbocycles. The van der Waals surface area contributed by atoms with Crippen molar-refractivity contribution in [1.29, 1.82) is 0 Å². The van der Waals surface area contributed by atoms with Gasteiger partial charge in [-0.05, 0) is 50.2 Å². The van der Waals surface area contributed by atoms with E-state index in [1.165, 1.54) is 18.4 Å². The molecule has 3 atom stereocenters. The van der Waals surface area contributed by atoms with Crippen molar-refractivity contribution < 1.29 is 9.53 Å². The average molecular weight is 303 g/mol. The summed E-state index contributed by atoms with van der Waals surface area (Å²) in [6.07, 6.45) is 3.55. The lowest BCUT2D eigenvalue weighted by Gasteiger charge is -2.34. The first-order chi connectivity index (χ1) is 10.4. The fourth-order valence-electron chi connectivity index (χ4n) is 3.57. The Morgan fingerprint density at radius 3 is 2.45 bits per heavy atom. The van der Waals surface area contributed by atoms with E-state index >= 15 is 0 Å². The maximum atomic E-state index is 12.2. The number of hydrogen-bond acceptors (Lipinski definition) is 2. The highest BCUT2D eigenvalue weighted by Crippen LogP contribution is 2.29. The zero-order valence-corrected chi connectivity index (χ0v) is 14.5. The van der Waals surface area contributed by atoms with E-state index in [4.69, 9.17) is 4.74 Å². The van der Waals surface area contributed by atoms with Gasteiger partial charge in [-0.2, -0.15) is 0 Å². The van der Waals surface area contributed by atoms with E-state index in [0.717, 1.165) is 23.3 Å². The maximum Gasteiger partial charge on any atom is 0.258 e. The number of rotatable bonds is 4. The van der Waals surface area contributed by atoms with Crippen LogP contribution in [0.4, 0.5) is 0 Å². The largest absolute Gasteiger partial charge is 0.483 e. The lowest BCUT2D eigenvalue weighted by Crippen LogP contribution is -2.45. The fourth-order valence-corrected chi connectivity index (χ4v) is 3.57. The predicted molar refractivity (Wildman–Crippen MR) is 90.3 cm³/mol. The number of hydrogen-bond donors (Lipinski definition) is 1. The van der Waals surface area contributed by atoms with Crippen LogP contribution in [-0.4, -0.2) is 18.6 Å². The molecule has 0 bridgehead atoms. The van der Waals surface area contributed by atoms with Crippen LogP contribution in [0.3, 0.4) is 0 Å². The number of aryl methyl sites for hydroxylation is 3. The summed E-state index contributed by atoms with van der Waals surface area (Å²) in [5, 5.41) is 3.16. The molecule has 1 aromatic rings. The zero-order chi connectivity index (χ0) is 16.3. The number of benzene rings is 1. The molecule has 0 aromatic heterocycles. The van der Waals surface area contributed by atoms with Crippen molar-refractivity contribution in [3.05, 3.63) is 28.8 Å². The Morgan fingerprint density at radius 2 is 1.82 bits per heavy atom. The number of nitrogens with one attached hydrogen (secondary N) is 1. The molecule has 2 rings (SSSR count). The highest BCUT2D eigenvalue weighted by Gasteiger charge is 2.28. The van der Waals surface area contributed by atoms with Crippen molar-refractivity contribution in [3.63, 3.8) is 0 Å². The monoisotopic (exact) mass is 303 g/mol. The Labute approximate surface area is 134 Å². The Hall–Kier alpha value is -1.51. The van der Waals surface area contributed by atoms with Crippen molar-refractivity contribution in [1.82, 2.24) is 5.32 Å². The molecule has 1 amide bonds. The highest BCUT2D eigenvalue weighted by molar-refractivity contribution is 5.78. The Morgan fingerprint density at radius 1 is 1.18 bits per heavy atom. The SMILES string of the molecule is Cc1cc(C)c(OCC(=O)N[C@H]2CCC[C@H](C)[C@H]2C)c(C)c1. The van der Waals surface area contributed by atoms with Gasteiger partial charge in [-0.3, -0.25) is 4.79 Å². The summed E-state index contributed by atoms with van der Waals surface area (Å²) in [7, 11) is 0. The van der Waals surface area contributed by atoms with Gasteiger partial charge < -0.3 is 10.1 Å². The minimum atomic E-state index is -0.00896. The summed E-state index contributed by atoms with van der Waals surface area (Å²) in [5.74, 6) is 2.05. The van der Waals surface area contributed by atoms with Crippen LogP contribution in [0.25, 0.3) is 0 Å². The van der Waals surface area contributed by atoms with Gasteiger partial charge in [-0.1, -0.05) is 44.4 Å². The first-order valence-corrected chi connectivity index (χ1v) is 8.38. The van der Waals surface area contributed by atoms with Gasteiger partial charge in [0.05, 0.1) is 0 Å². The van der Waals surface area contributed by atoms with Crippen LogP contribution in [0.15, 0.2) is 12.1 Å². The van der Waals surface area contributed by atoms with Gasteiger partial charge in [0.25, 0.3) is 5.91 Å². The summed E-state index contributed by atoms with van der Waals surface area (Å²) in [6.45, 7) is 10.7. The second-order valence-corrected chi connectivity index (χ2v) is 6.96. The van der Waals surface area contributed by atoms with E-state index in [0.29, 0.717) is 17.9 Å². The fraction of sp³-hybridized carbons (Fsp3) is 0.632. The smallest absolute Gasteiger partial charge is 0.258 e. The quantitative estimate of drug-likeness (QED) is 0.915. The summed E-state index contributed by atoms with van der Waals surface area (Å²) < 4.78 is 5.78. The molecular weight excluding hydrogens is 274 g/mol. The van der Waals surface area contributed by atoms with Crippen LogP contribution in [0.1, 0.15) is 49.8 Å². The minimum absolute atomic E-state index is 0.00896. The molecule has 0 unspecified atom stereocenters. The summed E-state index contributed by atoms with van der Waals surface area (Å²) in [5.41, 5.74) is 3.40. The van der Waals surface area contributed by atoms with Crippen molar-refractivity contribution in [2.75, 3.05) is 6.61 Å². The second-order valence-electron chi connectivity index (χ2n) is 6.96. The van der Waals surface area contributed by atoms with E-state index in [9.17, 15) is 4.79 Å². The molecule has 0 heterocycles. The Kier molecular flexibility index (Phi) is 5.49. The van der Waals surface area contributed by atoms with E-state index in [1.54, 1.807) is 0 Å². The average Bonchev–Trinajstić information content (AvgIpc) is 2.42. The van der Waals surface area contributed by atoms with Crippen molar-refractivity contribution >= 4 is 5.91 Å². The van der Waals surface area contributed by atoms with Gasteiger partial charge in [0, 0.05) is 6.04 Å². The van der Waals surface area contributed by atoms with Crippen LogP contribution in [0, 0.1) is 32.6 Å². The molecule has 3 heteroatoms. The summed E-state index contributed by atoms with van der Waals surface area (Å²) in [6, 6.07) is 4.47. The van der Waals surface area contributed by atoms with Crippen LogP contribution in [-0.2, 0) is 4.79 Å². The maximum absolute atomic E-state index is 12.2. The molecule has 1 fully saturated rings. The van der Waals surface area contributed by atoms with Crippen LogP contribution in [0.5, 0.6) is 5.75 Å². The minimum Gasteiger partial charge on any atom is -0.483 e. The van der Waals surface area contributed by atoms with Gasteiger partial charge in [-0.25, -0.2) is 0 Å². The topological polar surface area (TPSA) is 38.3 Å². The molecule has 0 aliphatic heterocycles. The predicted octanol–water partition coefficient (Wildman–Crippen LogP) is 3.93. The number of carbonyl (C=O) groups is 1. The zero-order valence-electron chi connectivity index (χ0n) is 14.5. The van der Waals surface area contributed by atoms with Crippen LogP contribution in [0.2, 0.25) is 0 Å². The molecule has 1 aliphatic rings. The molecule has 1 N–H and O–H groups in total. The van der Waals surface area contributed by atoms with Gasteiger partial charge in [0.1, 0.15) is 5.75 Å². The van der Waals surface area contributed by atoms with Gasteiger partial charge in [-0.15, -0.1) is 0 Å². The number of amides is 1. The van der Waals surface area contributed by atoms with Crippen molar-refractivity contribution in [2.24, 2.45) is 11.8 Å². The van der Waals surface area contributed by atoms with Gasteiger partial charge in [0.2, 0.25) is 0 Å². The summed E-state index contributed by atoms with van der Waals surface area (Å²) in [4.78, 5) is 12.2. The third kappa shape index (κ3) is 4.02. The van der Waals surface area contributed by atoms with Crippen LogP contribution < -0.4 is 10.1 Å². The lowest BCUT2D eigenvalue weighted by atomic mass is 9.78. The third-order valence-corrected chi connectivity index (χ3v) is 5.01. The van der Waals surface area contributed by atoms with Crippen LogP contribution >= 0.6 is 0 Å². The Bertz CT molecular complexity index is 515. The molecule has 3 nitrogen and oxygen atoms in total. The lowest BCUT2D eigenvalue weighted by molar-refractivity contribution is -0.124. The molecule has 1 saturated carbocycles. The van der Waals surface area contributed by atoms with E-state index in [-0.39, 0.29) is 12.5 Å². The van der Waals surface area contributed by atoms with Crippen molar-refractivity contribution in [2.45, 2.75) is 59.9 Å². The molecular formula is C19H29NO2. The molecule has 0 saturated heterocycles. The second kappa shape index (κ2) is 7.17. The summed E-state index contributed by atoms with van der Waals surface area (Å²) >= 11 is 0. The van der Waals surface area contributed by atoms with E-state index < -0.39 is 0 Å². The standard InChI is InChI=1S/C19H29NO2/c1-12-9-14(3)19(15(4)10-12)22-11-18(21)20-17-8-6-7-13(2)16(17)5/h9-10,13,16-17H,6-8,11H2,1-5H3,(H,20,21)/t13-,16+,17-/m0/s1. The number of ether oxygens (including phenoxy) is 1. The molecule has 122 valence electrons. The van der Waals surface area contributed by atoms with Crippen molar-refractivity contribution in [3.8, 4) is 5.75 Å². The third-order valence-electron chi connectivity index (χ3n) is 5.01. The molecule has 0 spiro atoms. The highest BCUT2D eigenvalue weighted by atomic mass is 16.5. The van der Waals surface area contributed by atoms with Gasteiger partial charge in [0.15, 0.2) is 6.61 Å². The Balaban J connectivity index is 1.91. The van der Waals surface area contributed by atoms with E-state index in [2.05, 4.69) is 38.2 Å². The molecule has 0 radical (unpaired) electrons. The normalized spacial score (nSPS) is 24.9. The number of carbonyl (C=O) groups excluding carboxylic acids is 1. The molecule has 22 heavy (non-hydrogen) atoms. The van der Waals surface area contributed by atoms with E-state index in [1.807, 2.05) is 13.8 Å². The first-order valence-electron chi connectivity index (χ1n) is 8.38.